The van der Waals surface area contributed by atoms with Crippen LogP contribution in [0.4, 0.5) is 0 Å². The third-order valence-electron chi connectivity index (χ3n) is 2.56. The largest absolute Gasteiger partial charge is 0.355 e. The first-order chi connectivity index (χ1) is 6.68. The van der Waals surface area contributed by atoms with Crippen LogP contribution in [0, 0.1) is 0 Å². The predicted octanol–water partition coefficient (Wildman–Crippen LogP) is -0.194. The number of carbonyl (C=O) groups is 1. The molecule has 1 amide bonds. The van der Waals surface area contributed by atoms with Crippen LogP contribution in [0.1, 0.15) is 19.8 Å². The summed E-state index contributed by atoms with van der Waals surface area (Å²) in [6.07, 6.45) is 2.58. The minimum atomic E-state index is 0.0531. The summed E-state index contributed by atoms with van der Waals surface area (Å²) in [7, 11) is 2.10. The lowest BCUT2D eigenvalue weighted by atomic mass is 10.2. The van der Waals surface area contributed by atoms with Gasteiger partial charge < -0.3 is 15.5 Å². The number of carbonyl (C=O) groups excluding carboxylic acids is 1. The Morgan fingerprint density at radius 3 is 3.00 bits per heavy atom. The lowest BCUT2D eigenvalue weighted by Crippen LogP contribution is -2.39. The number of nitrogens with one attached hydrogen (secondary N) is 2. The van der Waals surface area contributed by atoms with Crippen LogP contribution in [0.3, 0.4) is 0 Å². The molecule has 1 aliphatic heterocycles. The number of hydrogen-bond acceptors (Lipinski definition) is 3. The van der Waals surface area contributed by atoms with Crippen LogP contribution in [-0.4, -0.2) is 50.1 Å². The molecule has 1 heterocycles. The van der Waals surface area contributed by atoms with Crippen molar-refractivity contribution in [2.75, 3.05) is 33.2 Å². The summed E-state index contributed by atoms with van der Waals surface area (Å²) in [5, 5.41) is 6.26. The van der Waals surface area contributed by atoms with Gasteiger partial charge in [-0.2, -0.15) is 0 Å². The van der Waals surface area contributed by atoms with Gasteiger partial charge in [0.25, 0.3) is 0 Å². The summed E-state index contributed by atoms with van der Waals surface area (Å²) in [4.78, 5) is 12.9. The van der Waals surface area contributed by atoms with Crippen LogP contribution in [0.15, 0.2) is 0 Å². The molecule has 82 valence electrons. The maximum atomic E-state index is 10.6. The normalized spacial score (nSPS) is 21.5. The fourth-order valence-electron chi connectivity index (χ4n) is 1.80. The van der Waals surface area contributed by atoms with Crippen molar-refractivity contribution in [1.82, 2.24) is 15.5 Å². The summed E-state index contributed by atoms with van der Waals surface area (Å²) in [6, 6.07) is 0.650. The predicted molar refractivity (Wildman–Crippen MR) is 57.2 cm³/mol. The van der Waals surface area contributed by atoms with Gasteiger partial charge in [-0.25, -0.2) is 0 Å². The van der Waals surface area contributed by atoms with Crippen molar-refractivity contribution in [3.05, 3.63) is 0 Å². The van der Waals surface area contributed by atoms with Crippen molar-refractivity contribution < 1.29 is 4.79 Å². The second-order valence-electron chi connectivity index (χ2n) is 4.04. The van der Waals surface area contributed by atoms with E-state index in [0.717, 1.165) is 26.2 Å². The number of nitrogens with zero attached hydrogens (tertiary/aromatic N) is 1. The Morgan fingerprint density at radius 1 is 1.64 bits per heavy atom. The van der Waals surface area contributed by atoms with Gasteiger partial charge in [-0.15, -0.1) is 0 Å². The van der Waals surface area contributed by atoms with E-state index in [0.29, 0.717) is 6.04 Å². The molecule has 0 radical (unpaired) electrons. The molecule has 0 bridgehead atoms. The van der Waals surface area contributed by atoms with Gasteiger partial charge in [0.05, 0.1) is 0 Å². The van der Waals surface area contributed by atoms with Crippen LogP contribution < -0.4 is 10.6 Å². The van der Waals surface area contributed by atoms with Gasteiger partial charge in [0.15, 0.2) is 0 Å². The molecule has 1 rings (SSSR count). The highest BCUT2D eigenvalue weighted by molar-refractivity contribution is 5.72. The zero-order chi connectivity index (χ0) is 10.4. The highest BCUT2D eigenvalue weighted by Gasteiger charge is 2.15. The van der Waals surface area contributed by atoms with Gasteiger partial charge >= 0.3 is 0 Å². The van der Waals surface area contributed by atoms with E-state index >= 15 is 0 Å². The van der Waals surface area contributed by atoms with Crippen LogP contribution in [0.25, 0.3) is 0 Å². The Morgan fingerprint density at radius 2 is 2.43 bits per heavy atom. The van der Waals surface area contributed by atoms with Crippen molar-refractivity contribution in [3.63, 3.8) is 0 Å². The molecule has 1 aliphatic rings. The van der Waals surface area contributed by atoms with Crippen molar-refractivity contribution in [3.8, 4) is 0 Å². The number of amides is 1. The summed E-state index contributed by atoms with van der Waals surface area (Å²) in [5.41, 5.74) is 0. The molecule has 0 aliphatic carbocycles. The molecule has 4 heteroatoms. The Hall–Kier alpha value is -0.610. The minimum absolute atomic E-state index is 0.0531. The topological polar surface area (TPSA) is 44.4 Å². The molecule has 0 aromatic rings. The smallest absolute Gasteiger partial charge is 0.216 e. The molecule has 1 saturated heterocycles. The van der Waals surface area contributed by atoms with Crippen molar-refractivity contribution in [2.24, 2.45) is 0 Å². The number of hydrogen-bond donors (Lipinski definition) is 2. The molecule has 0 spiro atoms. The molecule has 1 fully saturated rings. The van der Waals surface area contributed by atoms with Gasteiger partial charge in [0.1, 0.15) is 0 Å². The molecule has 1 unspecified atom stereocenters. The molecular formula is C10H21N3O. The number of likely N-dealkylation sites (N-methyl/N-ethyl adjacent to an activating group) is 1. The van der Waals surface area contributed by atoms with Gasteiger partial charge in [-0.3, -0.25) is 4.79 Å². The van der Waals surface area contributed by atoms with E-state index in [4.69, 9.17) is 0 Å². The fourth-order valence-corrected chi connectivity index (χ4v) is 1.80. The molecule has 0 aromatic carbocycles. The van der Waals surface area contributed by atoms with E-state index in [1.165, 1.54) is 12.8 Å². The molecule has 4 nitrogen and oxygen atoms in total. The van der Waals surface area contributed by atoms with Crippen LogP contribution >= 0.6 is 0 Å². The highest BCUT2D eigenvalue weighted by atomic mass is 16.1. The van der Waals surface area contributed by atoms with E-state index < -0.39 is 0 Å². The first-order valence-electron chi connectivity index (χ1n) is 5.35. The average Bonchev–Trinajstić information content (AvgIpc) is 2.56. The Balaban J connectivity index is 2.03. The van der Waals surface area contributed by atoms with Crippen molar-refractivity contribution in [2.45, 2.75) is 25.8 Å². The third-order valence-corrected chi connectivity index (χ3v) is 2.56. The SMILES string of the molecule is CC(=O)NCCN(C)CC1CCCN1. The first-order valence-corrected chi connectivity index (χ1v) is 5.35. The van der Waals surface area contributed by atoms with Crippen LogP contribution in [0.2, 0.25) is 0 Å². The second-order valence-corrected chi connectivity index (χ2v) is 4.04. The quantitative estimate of drug-likeness (QED) is 0.645. The molecule has 1 atom stereocenters. The Bertz CT molecular complexity index is 178. The molecule has 0 saturated carbocycles. The minimum Gasteiger partial charge on any atom is -0.355 e. The van der Waals surface area contributed by atoms with E-state index in [1.54, 1.807) is 6.92 Å². The van der Waals surface area contributed by atoms with Gasteiger partial charge in [0.2, 0.25) is 5.91 Å². The summed E-state index contributed by atoms with van der Waals surface area (Å²) >= 11 is 0. The molecule has 0 aromatic heterocycles. The van der Waals surface area contributed by atoms with Gasteiger partial charge in [-0.05, 0) is 26.4 Å². The van der Waals surface area contributed by atoms with E-state index in [2.05, 4.69) is 22.6 Å². The van der Waals surface area contributed by atoms with E-state index in [1.807, 2.05) is 0 Å². The van der Waals surface area contributed by atoms with Crippen LogP contribution in [0.5, 0.6) is 0 Å². The monoisotopic (exact) mass is 199 g/mol. The molecule has 2 N–H and O–H groups in total. The highest BCUT2D eigenvalue weighted by Crippen LogP contribution is 2.05. The maximum Gasteiger partial charge on any atom is 0.216 e. The first kappa shape index (κ1) is 11.5. The number of rotatable bonds is 5. The van der Waals surface area contributed by atoms with Crippen molar-refractivity contribution in [1.29, 1.82) is 0 Å². The van der Waals surface area contributed by atoms with Gasteiger partial charge in [0, 0.05) is 32.6 Å². The molecular weight excluding hydrogens is 178 g/mol. The summed E-state index contributed by atoms with van der Waals surface area (Å²) < 4.78 is 0. The fraction of sp³-hybridized carbons (Fsp3) is 0.900. The van der Waals surface area contributed by atoms with Crippen molar-refractivity contribution >= 4 is 5.91 Å². The van der Waals surface area contributed by atoms with E-state index in [9.17, 15) is 4.79 Å². The zero-order valence-corrected chi connectivity index (χ0v) is 9.18. The standard InChI is InChI=1S/C10H21N3O/c1-9(14)11-6-7-13(2)8-10-4-3-5-12-10/h10,12H,3-8H2,1-2H3,(H,11,14). The maximum absolute atomic E-state index is 10.6. The zero-order valence-electron chi connectivity index (χ0n) is 9.18. The molecule has 14 heavy (non-hydrogen) atoms. The lowest BCUT2D eigenvalue weighted by Gasteiger charge is -2.20. The lowest BCUT2D eigenvalue weighted by molar-refractivity contribution is -0.119. The summed E-state index contributed by atoms with van der Waals surface area (Å²) in [6.45, 7) is 5.47. The van der Waals surface area contributed by atoms with E-state index in [-0.39, 0.29) is 5.91 Å². The Kier molecular flexibility index (Phi) is 4.90. The Labute approximate surface area is 86.0 Å². The van der Waals surface area contributed by atoms with Gasteiger partial charge in [-0.1, -0.05) is 0 Å². The second kappa shape index (κ2) is 5.98. The summed E-state index contributed by atoms with van der Waals surface area (Å²) in [5.74, 6) is 0.0531. The van der Waals surface area contributed by atoms with Crippen LogP contribution in [-0.2, 0) is 4.79 Å². The average molecular weight is 199 g/mol. The third kappa shape index (κ3) is 4.58.